The molecule has 1 fully saturated rings. The van der Waals surface area contributed by atoms with Gasteiger partial charge >= 0.3 is 0 Å². The molecule has 1 aromatic heterocycles. The standard InChI is InChI=1S/C20H19FN2O/c1-13-11-23(12-14-2-5-16(21)6-3-14)19-10-15(4-7-17(13)19)18-8-9-22-20(18)24/h2-7,10-11,18H,8-9,12H2,1H3,(H,22,24). The predicted molar refractivity (Wildman–Crippen MR) is 92.5 cm³/mol. The number of benzene rings is 2. The van der Waals surface area contributed by atoms with E-state index in [4.69, 9.17) is 0 Å². The monoisotopic (exact) mass is 322 g/mol. The predicted octanol–water partition coefficient (Wildman–Crippen LogP) is 3.74. The Bertz CT molecular complexity index is 911. The maximum atomic E-state index is 13.1. The van der Waals surface area contributed by atoms with Gasteiger partial charge in [-0.1, -0.05) is 24.3 Å². The highest BCUT2D eigenvalue weighted by molar-refractivity contribution is 5.89. The second-order valence-electron chi connectivity index (χ2n) is 6.48. The molecule has 1 saturated heterocycles. The van der Waals surface area contributed by atoms with Gasteiger partial charge in [-0.25, -0.2) is 4.39 Å². The Morgan fingerprint density at radius 2 is 2.00 bits per heavy atom. The molecule has 0 bridgehead atoms. The molecule has 1 atom stereocenters. The summed E-state index contributed by atoms with van der Waals surface area (Å²) in [7, 11) is 0. The van der Waals surface area contributed by atoms with Crippen molar-refractivity contribution >= 4 is 16.8 Å². The number of nitrogens with one attached hydrogen (secondary N) is 1. The molecule has 24 heavy (non-hydrogen) atoms. The smallest absolute Gasteiger partial charge is 0.227 e. The van der Waals surface area contributed by atoms with E-state index in [9.17, 15) is 9.18 Å². The van der Waals surface area contributed by atoms with Gasteiger partial charge < -0.3 is 9.88 Å². The first-order chi connectivity index (χ1) is 11.6. The summed E-state index contributed by atoms with van der Waals surface area (Å²) in [5, 5.41) is 4.09. The lowest BCUT2D eigenvalue weighted by molar-refractivity contribution is -0.120. The van der Waals surface area contributed by atoms with Crippen LogP contribution in [0, 0.1) is 12.7 Å². The number of halogens is 1. The Hall–Kier alpha value is -2.62. The fraction of sp³-hybridized carbons (Fsp3) is 0.250. The summed E-state index contributed by atoms with van der Waals surface area (Å²) in [5.41, 5.74) is 4.44. The number of fused-ring (bicyclic) bond motifs is 1. The van der Waals surface area contributed by atoms with Crippen molar-refractivity contribution in [2.75, 3.05) is 6.54 Å². The van der Waals surface area contributed by atoms with E-state index in [0.717, 1.165) is 29.6 Å². The third-order valence-electron chi connectivity index (χ3n) is 4.82. The van der Waals surface area contributed by atoms with Crippen LogP contribution < -0.4 is 5.32 Å². The molecule has 0 spiro atoms. The van der Waals surface area contributed by atoms with Crippen LogP contribution in [0.1, 0.15) is 29.0 Å². The van der Waals surface area contributed by atoms with Crippen LogP contribution in [0.4, 0.5) is 4.39 Å². The fourth-order valence-electron chi connectivity index (χ4n) is 3.54. The maximum Gasteiger partial charge on any atom is 0.227 e. The SMILES string of the molecule is Cc1cn(Cc2ccc(F)cc2)c2cc(C3CCNC3=O)ccc12. The van der Waals surface area contributed by atoms with Crippen molar-refractivity contribution < 1.29 is 9.18 Å². The van der Waals surface area contributed by atoms with Crippen molar-refractivity contribution in [2.24, 2.45) is 0 Å². The van der Waals surface area contributed by atoms with E-state index in [0.29, 0.717) is 6.54 Å². The van der Waals surface area contributed by atoms with Crippen LogP contribution in [-0.4, -0.2) is 17.0 Å². The van der Waals surface area contributed by atoms with Crippen LogP contribution in [0.15, 0.2) is 48.7 Å². The zero-order valence-electron chi connectivity index (χ0n) is 13.6. The van der Waals surface area contributed by atoms with Gasteiger partial charge in [0.25, 0.3) is 0 Å². The van der Waals surface area contributed by atoms with Gasteiger partial charge in [0.15, 0.2) is 0 Å². The summed E-state index contributed by atoms with van der Waals surface area (Å²) in [6, 6.07) is 12.9. The van der Waals surface area contributed by atoms with Gasteiger partial charge in [-0.05, 0) is 48.2 Å². The van der Waals surface area contributed by atoms with Gasteiger partial charge in [0.2, 0.25) is 5.91 Å². The van der Waals surface area contributed by atoms with Gasteiger partial charge in [-0.2, -0.15) is 0 Å². The van der Waals surface area contributed by atoms with Crippen LogP contribution in [0.25, 0.3) is 10.9 Å². The van der Waals surface area contributed by atoms with Gasteiger partial charge in [0.05, 0.1) is 5.92 Å². The van der Waals surface area contributed by atoms with Crippen molar-refractivity contribution in [1.82, 2.24) is 9.88 Å². The Morgan fingerprint density at radius 1 is 1.21 bits per heavy atom. The average Bonchev–Trinajstić information content (AvgIpc) is 3.13. The molecular formula is C20H19FN2O. The van der Waals surface area contributed by atoms with Crippen molar-refractivity contribution in [3.05, 3.63) is 71.2 Å². The molecule has 2 aromatic carbocycles. The van der Waals surface area contributed by atoms with E-state index < -0.39 is 0 Å². The third-order valence-corrected chi connectivity index (χ3v) is 4.82. The van der Waals surface area contributed by atoms with E-state index in [1.807, 2.05) is 12.1 Å². The first kappa shape index (κ1) is 14.9. The second kappa shape index (κ2) is 5.78. The van der Waals surface area contributed by atoms with Crippen LogP contribution >= 0.6 is 0 Å². The highest BCUT2D eigenvalue weighted by atomic mass is 19.1. The first-order valence-corrected chi connectivity index (χ1v) is 8.23. The molecule has 1 unspecified atom stereocenters. The minimum absolute atomic E-state index is 0.0520. The summed E-state index contributed by atoms with van der Waals surface area (Å²) in [6.45, 7) is 3.52. The zero-order valence-corrected chi connectivity index (χ0v) is 13.6. The molecule has 2 heterocycles. The minimum atomic E-state index is -0.221. The number of amides is 1. The Balaban J connectivity index is 1.74. The van der Waals surface area contributed by atoms with Crippen molar-refractivity contribution in [1.29, 1.82) is 0 Å². The quantitative estimate of drug-likeness (QED) is 0.783. The van der Waals surface area contributed by atoms with E-state index in [-0.39, 0.29) is 17.6 Å². The summed E-state index contributed by atoms with van der Waals surface area (Å²) in [5.74, 6) is -0.159. The van der Waals surface area contributed by atoms with Crippen LogP contribution in [0.2, 0.25) is 0 Å². The van der Waals surface area contributed by atoms with Gasteiger partial charge in [0.1, 0.15) is 5.82 Å². The van der Waals surface area contributed by atoms with E-state index in [1.54, 1.807) is 0 Å². The minimum Gasteiger partial charge on any atom is -0.356 e. The molecule has 3 nitrogen and oxygen atoms in total. The summed E-state index contributed by atoms with van der Waals surface area (Å²) in [6.07, 6.45) is 2.97. The topological polar surface area (TPSA) is 34.0 Å². The largest absolute Gasteiger partial charge is 0.356 e. The Kier molecular flexibility index (Phi) is 3.60. The average molecular weight is 322 g/mol. The molecule has 0 saturated carbocycles. The molecule has 4 heteroatoms. The first-order valence-electron chi connectivity index (χ1n) is 8.23. The third kappa shape index (κ3) is 2.58. The van der Waals surface area contributed by atoms with Crippen molar-refractivity contribution in [3.63, 3.8) is 0 Å². The van der Waals surface area contributed by atoms with Crippen LogP contribution in [-0.2, 0) is 11.3 Å². The molecule has 3 aromatic rings. The Morgan fingerprint density at radius 3 is 2.71 bits per heavy atom. The van der Waals surface area contributed by atoms with Crippen molar-refractivity contribution in [2.45, 2.75) is 25.8 Å². The number of aromatic nitrogens is 1. The van der Waals surface area contributed by atoms with Gasteiger partial charge in [-0.15, -0.1) is 0 Å². The number of aryl methyl sites for hydroxylation is 1. The van der Waals surface area contributed by atoms with Crippen LogP contribution in [0.3, 0.4) is 0 Å². The van der Waals surface area contributed by atoms with E-state index >= 15 is 0 Å². The maximum absolute atomic E-state index is 13.1. The summed E-state index contributed by atoms with van der Waals surface area (Å²) >= 11 is 0. The van der Waals surface area contributed by atoms with Crippen LogP contribution in [0.5, 0.6) is 0 Å². The number of hydrogen-bond donors (Lipinski definition) is 1. The molecule has 1 amide bonds. The highest BCUT2D eigenvalue weighted by Gasteiger charge is 2.26. The zero-order chi connectivity index (χ0) is 16.7. The molecule has 0 aliphatic carbocycles. The lowest BCUT2D eigenvalue weighted by atomic mass is 9.96. The highest BCUT2D eigenvalue weighted by Crippen LogP contribution is 2.29. The second-order valence-corrected chi connectivity index (χ2v) is 6.48. The molecule has 1 aliphatic heterocycles. The van der Waals surface area contributed by atoms with Crippen molar-refractivity contribution in [3.8, 4) is 0 Å². The van der Waals surface area contributed by atoms with E-state index in [2.05, 4.69) is 41.2 Å². The number of nitrogens with zero attached hydrogens (tertiary/aromatic N) is 1. The number of rotatable bonds is 3. The van der Waals surface area contributed by atoms with Gasteiger partial charge in [-0.3, -0.25) is 4.79 Å². The van der Waals surface area contributed by atoms with Gasteiger partial charge in [0, 0.05) is 30.2 Å². The number of carbonyl (C=O) groups excluding carboxylic acids is 1. The normalized spacial score (nSPS) is 17.4. The molecule has 122 valence electrons. The summed E-state index contributed by atoms with van der Waals surface area (Å²) < 4.78 is 15.3. The van der Waals surface area contributed by atoms with E-state index in [1.165, 1.54) is 23.1 Å². The Labute approximate surface area is 140 Å². The molecule has 1 aliphatic rings. The number of carbonyl (C=O) groups is 1. The molecule has 0 radical (unpaired) electrons. The number of hydrogen-bond acceptors (Lipinski definition) is 1. The molecular weight excluding hydrogens is 303 g/mol. The molecule has 4 rings (SSSR count). The lowest BCUT2D eigenvalue weighted by Gasteiger charge is -2.10. The summed E-state index contributed by atoms with van der Waals surface area (Å²) in [4.78, 5) is 12.0. The fourth-order valence-corrected chi connectivity index (χ4v) is 3.54. The lowest BCUT2D eigenvalue weighted by Crippen LogP contribution is -2.17. The molecule has 1 N–H and O–H groups in total.